The molecule has 0 unspecified atom stereocenters. The molecule has 2 aromatic rings. The van der Waals surface area contributed by atoms with Gasteiger partial charge in [0.05, 0.1) is 12.7 Å². The van der Waals surface area contributed by atoms with Crippen molar-refractivity contribution in [1.82, 2.24) is 0 Å². The van der Waals surface area contributed by atoms with Crippen LogP contribution in [0.3, 0.4) is 0 Å². The molecule has 0 radical (unpaired) electrons. The Morgan fingerprint density at radius 2 is 1.95 bits per heavy atom. The quantitative estimate of drug-likeness (QED) is 0.641. The Morgan fingerprint density at radius 1 is 1.21 bits per heavy atom. The number of anilines is 1. The van der Waals surface area contributed by atoms with Gasteiger partial charge >= 0.3 is 5.97 Å². The van der Waals surface area contributed by atoms with Crippen molar-refractivity contribution in [2.45, 2.75) is 6.92 Å². The van der Waals surface area contributed by atoms with Crippen molar-refractivity contribution < 1.29 is 14.6 Å². The lowest BCUT2D eigenvalue weighted by atomic mass is 9.99. The molecule has 98 valence electrons. The number of phenols is 1. The van der Waals surface area contributed by atoms with Gasteiger partial charge in [0.15, 0.2) is 0 Å². The highest BCUT2D eigenvalue weighted by Gasteiger charge is 2.11. The van der Waals surface area contributed by atoms with Crippen LogP contribution in [0.25, 0.3) is 11.1 Å². The van der Waals surface area contributed by atoms with Gasteiger partial charge in [-0.1, -0.05) is 12.1 Å². The predicted molar refractivity (Wildman–Crippen MR) is 74.0 cm³/mol. The predicted octanol–water partition coefficient (Wildman–Crippen LogP) is 2.74. The molecule has 0 spiro atoms. The van der Waals surface area contributed by atoms with Gasteiger partial charge in [-0.2, -0.15) is 0 Å². The third-order valence-corrected chi connectivity index (χ3v) is 2.86. The van der Waals surface area contributed by atoms with E-state index in [9.17, 15) is 9.90 Å². The van der Waals surface area contributed by atoms with E-state index in [0.29, 0.717) is 11.3 Å². The van der Waals surface area contributed by atoms with Crippen molar-refractivity contribution in [3.05, 3.63) is 47.5 Å². The lowest BCUT2D eigenvalue weighted by Crippen LogP contribution is -2.01. The number of phenolic OH excluding ortho intramolecular Hbond substituents is 1. The highest BCUT2D eigenvalue weighted by Crippen LogP contribution is 2.30. The maximum atomic E-state index is 11.5. The van der Waals surface area contributed by atoms with Gasteiger partial charge < -0.3 is 15.6 Å². The molecule has 0 atom stereocenters. The Balaban J connectivity index is 2.56. The topological polar surface area (TPSA) is 72.5 Å². The molecule has 0 aromatic heterocycles. The first-order chi connectivity index (χ1) is 9.01. The Hall–Kier alpha value is -2.49. The van der Waals surface area contributed by atoms with Gasteiger partial charge in [-0.3, -0.25) is 0 Å². The van der Waals surface area contributed by atoms with E-state index in [1.54, 1.807) is 12.1 Å². The average molecular weight is 257 g/mol. The van der Waals surface area contributed by atoms with Crippen LogP contribution in [-0.2, 0) is 4.74 Å². The van der Waals surface area contributed by atoms with E-state index >= 15 is 0 Å². The molecule has 0 fully saturated rings. The van der Waals surface area contributed by atoms with Crippen LogP contribution in [0.5, 0.6) is 5.75 Å². The maximum Gasteiger partial charge on any atom is 0.338 e. The number of nitrogen functional groups attached to an aromatic ring is 1. The third-order valence-electron chi connectivity index (χ3n) is 2.86. The molecule has 19 heavy (non-hydrogen) atoms. The smallest absolute Gasteiger partial charge is 0.338 e. The highest BCUT2D eigenvalue weighted by molar-refractivity contribution is 5.92. The normalized spacial score (nSPS) is 10.2. The molecule has 0 saturated heterocycles. The monoisotopic (exact) mass is 257 g/mol. The van der Waals surface area contributed by atoms with Gasteiger partial charge in [-0.05, 0) is 42.3 Å². The number of carbonyl (C=O) groups is 1. The number of nitrogens with two attached hydrogens (primary N) is 1. The average Bonchev–Trinajstić information content (AvgIpc) is 2.37. The summed E-state index contributed by atoms with van der Waals surface area (Å²) in [6, 6.07) is 10.2. The molecule has 4 heteroatoms. The van der Waals surface area contributed by atoms with Crippen molar-refractivity contribution >= 4 is 11.7 Å². The van der Waals surface area contributed by atoms with E-state index in [1.807, 2.05) is 25.1 Å². The fourth-order valence-corrected chi connectivity index (χ4v) is 1.95. The first-order valence-corrected chi connectivity index (χ1v) is 5.80. The standard InChI is InChI=1S/C15H15NO3/c1-9-3-4-13(14(16)5-9)10-6-11(15(18)19-2)8-12(17)7-10/h3-8,17H,16H2,1-2H3. The minimum Gasteiger partial charge on any atom is -0.508 e. The fourth-order valence-electron chi connectivity index (χ4n) is 1.95. The number of aromatic hydroxyl groups is 1. The first kappa shape index (κ1) is 13.0. The molecule has 3 N–H and O–H groups in total. The molecule has 0 aliphatic carbocycles. The van der Waals surface area contributed by atoms with E-state index < -0.39 is 5.97 Å². The molecular formula is C15H15NO3. The van der Waals surface area contributed by atoms with Gasteiger partial charge in [0.1, 0.15) is 5.75 Å². The molecule has 2 rings (SSSR count). The largest absolute Gasteiger partial charge is 0.508 e. The van der Waals surface area contributed by atoms with Crippen molar-refractivity contribution in [3.63, 3.8) is 0 Å². The van der Waals surface area contributed by atoms with Gasteiger partial charge in [-0.25, -0.2) is 4.79 Å². The maximum absolute atomic E-state index is 11.5. The molecule has 0 aliphatic rings. The van der Waals surface area contributed by atoms with Crippen molar-refractivity contribution in [2.24, 2.45) is 0 Å². The van der Waals surface area contributed by atoms with Crippen LogP contribution < -0.4 is 5.73 Å². The number of carbonyl (C=O) groups excluding carboxylic acids is 1. The summed E-state index contributed by atoms with van der Waals surface area (Å²) < 4.78 is 4.65. The van der Waals surface area contributed by atoms with Crippen LogP contribution in [0, 0.1) is 6.92 Å². The second kappa shape index (κ2) is 5.02. The Bertz CT molecular complexity index is 635. The number of benzene rings is 2. The van der Waals surface area contributed by atoms with E-state index in [1.165, 1.54) is 13.2 Å². The van der Waals surface area contributed by atoms with Gasteiger partial charge in [0, 0.05) is 11.3 Å². The van der Waals surface area contributed by atoms with Crippen LogP contribution in [-0.4, -0.2) is 18.2 Å². The van der Waals surface area contributed by atoms with Crippen LogP contribution >= 0.6 is 0 Å². The molecule has 0 amide bonds. The summed E-state index contributed by atoms with van der Waals surface area (Å²) in [5.41, 5.74) is 9.35. The first-order valence-electron chi connectivity index (χ1n) is 5.80. The van der Waals surface area contributed by atoms with Gasteiger partial charge in [0.2, 0.25) is 0 Å². The Morgan fingerprint density at radius 3 is 2.58 bits per heavy atom. The van der Waals surface area contributed by atoms with E-state index in [2.05, 4.69) is 4.74 Å². The number of aryl methyl sites for hydroxylation is 1. The summed E-state index contributed by atoms with van der Waals surface area (Å²) in [5.74, 6) is -0.499. The molecule has 0 aliphatic heterocycles. The van der Waals surface area contributed by atoms with Gasteiger partial charge in [0.25, 0.3) is 0 Å². The Kier molecular flexibility index (Phi) is 3.42. The van der Waals surface area contributed by atoms with Gasteiger partial charge in [-0.15, -0.1) is 0 Å². The minimum atomic E-state index is -0.497. The van der Waals surface area contributed by atoms with Crippen LogP contribution in [0.15, 0.2) is 36.4 Å². The molecule has 0 heterocycles. The van der Waals surface area contributed by atoms with E-state index in [4.69, 9.17) is 5.73 Å². The van der Waals surface area contributed by atoms with Crippen molar-refractivity contribution in [3.8, 4) is 16.9 Å². The van der Waals surface area contributed by atoms with Crippen LogP contribution in [0.1, 0.15) is 15.9 Å². The lowest BCUT2D eigenvalue weighted by molar-refractivity contribution is 0.0600. The molecular weight excluding hydrogens is 242 g/mol. The summed E-state index contributed by atoms with van der Waals surface area (Å²) in [6.45, 7) is 1.95. The molecule has 4 nitrogen and oxygen atoms in total. The summed E-state index contributed by atoms with van der Waals surface area (Å²) in [6.07, 6.45) is 0. The fraction of sp³-hybridized carbons (Fsp3) is 0.133. The number of ether oxygens (including phenoxy) is 1. The Labute approximate surface area is 111 Å². The van der Waals surface area contributed by atoms with Crippen LogP contribution in [0.4, 0.5) is 5.69 Å². The zero-order valence-corrected chi connectivity index (χ0v) is 10.8. The summed E-state index contributed by atoms with van der Waals surface area (Å²) in [7, 11) is 1.30. The molecule has 0 bridgehead atoms. The zero-order valence-electron chi connectivity index (χ0n) is 10.8. The van der Waals surface area contributed by atoms with E-state index in [-0.39, 0.29) is 11.3 Å². The summed E-state index contributed by atoms with van der Waals surface area (Å²) >= 11 is 0. The molecule has 0 saturated carbocycles. The number of rotatable bonds is 2. The number of methoxy groups -OCH3 is 1. The van der Waals surface area contributed by atoms with E-state index in [0.717, 1.165) is 11.1 Å². The third kappa shape index (κ3) is 2.68. The van der Waals surface area contributed by atoms with Crippen LogP contribution in [0.2, 0.25) is 0 Å². The SMILES string of the molecule is COC(=O)c1cc(O)cc(-c2ccc(C)cc2N)c1. The number of esters is 1. The zero-order chi connectivity index (χ0) is 14.0. The second-order valence-corrected chi connectivity index (χ2v) is 4.35. The second-order valence-electron chi connectivity index (χ2n) is 4.35. The minimum absolute atomic E-state index is 0.00197. The molecule has 2 aromatic carbocycles. The summed E-state index contributed by atoms with van der Waals surface area (Å²) in [4.78, 5) is 11.5. The number of hydrogen-bond acceptors (Lipinski definition) is 4. The lowest BCUT2D eigenvalue weighted by Gasteiger charge is -2.09. The van der Waals surface area contributed by atoms with Crippen molar-refractivity contribution in [1.29, 1.82) is 0 Å². The highest BCUT2D eigenvalue weighted by atomic mass is 16.5. The van der Waals surface area contributed by atoms with Crippen molar-refractivity contribution in [2.75, 3.05) is 12.8 Å². The summed E-state index contributed by atoms with van der Waals surface area (Å²) in [5, 5.41) is 9.70. The number of hydrogen-bond donors (Lipinski definition) is 2.